The van der Waals surface area contributed by atoms with Crippen LogP contribution in [0.1, 0.15) is 50.1 Å². The molecule has 2 aromatic heterocycles. The number of aromatic nitrogens is 2. The van der Waals surface area contributed by atoms with Crippen molar-refractivity contribution in [3.63, 3.8) is 0 Å². The Morgan fingerprint density at radius 2 is 1.97 bits per heavy atom. The van der Waals surface area contributed by atoms with Crippen LogP contribution in [-0.2, 0) is 11.2 Å². The van der Waals surface area contributed by atoms with E-state index in [4.69, 9.17) is 0 Å². The molecule has 1 amide bonds. The summed E-state index contributed by atoms with van der Waals surface area (Å²) in [7, 11) is 0. The minimum Gasteiger partial charge on any atom is -0.387 e. The maximum atomic E-state index is 12.5. The first-order valence-electron chi connectivity index (χ1n) is 10.6. The average molecular weight is 395 g/mol. The van der Waals surface area contributed by atoms with Gasteiger partial charge in [0.15, 0.2) is 0 Å². The summed E-state index contributed by atoms with van der Waals surface area (Å²) in [6.07, 6.45) is 5.85. The molecule has 6 nitrogen and oxygen atoms in total. The summed E-state index contributed by atoms with van der Waals surface area (Å²) in [5.74, 6) is 1.22. The highest BCUT2D eigenvalue weighted by atomic mass is 16.3. The van der Waals surface area contributed by atoms with Crippen molar-refractivity contribution in [3.8, 4) is 0 Å². The van der Waals surface area contributed by atoms with E-state index >= 15 is 0 Å². The van der Waals surface area contributed by atoms with Gasteiger partial charge in [0, 0.05) is 50.9 Å². The third-order valence-corrected chi connectivity index (χ3v) is 6.44. The molecule has 29 heavy (non-hydrogen) atoms. The molecule has 1 N–H and O–H groups in total. The van der Waals surface area contributed by atoms with E-state index in [0.29, 0.717) is 12.1 Å². The summed E-state index contributed by atoms with van der Waals surface area (Å²) in [6.45, 7) is 5.24. The zero-order chi connectivity index (χ0) is 20.3. The Labute approximate surface area is 172 Å². The van der Waals surface area contributed by atoms with Crippen molar-refractivity contribution in [2.24, 2.45) is 5.41 Å². The number of piperidine rings is 2. The van der Waals surface area contributed by atoms with Gasteiger partial charge >= 0.3 is 0 Å². The lowest BCUT2D eigenvalue weighted by molar-refractivity contribution is -0.138. The zero-order valence-electron chi connectivity index (χ0n) is 17.1. The van der Waals surface area contributed by atoms with E-state index in [1.165, 1.54) is 0 Å². The van der Waals surface area contributed by atoms with Crippen molar-refractivity contribution in [2.75, 3.05) is 31.1 Å². The molecule has 2 saturated heterocycles. The van der Waals surface area contributed by atoms with Crippen LogP contribution < -0.4 is 4.90 Å². The van der Waals surface area contributed by atoms with Crippen LogP contribution in [0, 0.1) is 5.41 Å². The third-order valence-electron chi connectivity index (χ3n) is 6.44. The number of aliphatic hydroxyl groups excluding tert-OH is 1. The molecule has 0 aromatic carbocycles. The van der Waals surface area contributed by atoms with Gasteiger partial charge in [0.2, 0.25) is 5.91 Å². The van der Waals surface area contributed by atoms with Crippen molar-refractivity contribution in [3.05, 3.63) is 54.0 Å². The van der Waals surface area contributed by atoms with Gasteiger partial charge in [-0.25, -0.2) is 4.98 Å². The van der Waals surface area contributed by atoms with Crippen molar-refractivity contribution < 1.29 is 9.90 Å². The number of nitrogens with zero attached hydrogens (tertiary/aromatic N) is 4. The highest BCUT2D eigenvalue weighted by Crippen LogP contribution is 2.41. The average Bonchev–Trinajstić information content (AvgIpc) is 2.76. The van der Waals surface area contributed by atoms with Gasteiger partial charge in [0.25, 0.3) is 0 Å². The fourth-order valence-corrected chi connectivity index (χ4v) is 4.57. The Morgan fingerprint density at radius 1 is 1.14 bits per heavy atom. The molecule has 0 radical (unpaired) electrons. The molecular weight excluding hydrogens is 364 g/mol. The quantitative estimate of drug-likeness (QED) is 0.844. The van der Waals surface area contributed by atoms with Crippen LogP contribution in [0.4, 0.5) is 5.82 Å². The van der Waals surface area contributed by atoms with Gasteiger partial charge in [0.05, 0.1) is 11.8 Å². The topological polar surface area (TPSA) is 69.6 Å². The first-order chi connectivity index (χ1) is 14.0. The summed E-state index contributed by atoms with van der Waals surface area (Å²) in [5, 5.41) is 9.81. The molecule has 0 aliphatic carbocycles. The van der Waals surface area contributed by atoms with Gasteiger partial charge in [-0.2, -0.15) is 0 Å². The van der Waals surface area contributed by atoms with Crippen LogP contribution in [0.2, 0.25) is 0 Å². The highest BCUT2D eigenvalue weighted by molar-refractivity contribution is 5.77. The molecule has 2 aliphatic rings. The number of rotatable bonds is 5. The molecule has 4 rings (SSSR count). The summed E-state index contributed by atoms with van der Waals surface area (Å²) in [5.41, 5.74) is 1.97. The van der Waals surface area contributed by atoms with Crippen molar-refractivity contribution >= 4 is 11.7 Å². The maximum absolute atomic E-state index is 12.5. The largest absolute Gasteiger partial charge is 0.387 e. The normalized spacial score (nSPS) is 20.1. The maximum Gasteiger partial charge on any atom is 0.222 e. The molecule has 2 fully saturated rings. The Balaban J connectivity index is 1.37. The molecule has 0 unspecified atom stereocenters. The van der Waals surface area contributed by atoms with Crippen molar-refractivity contribution in [1.29, 1.82) is 0 Å². The monoisotopic (exact) mass is 394 g/mol. The number of carbonyl (C=O) groups is 1. The second kappa shape index (κ2) is 8.49. The lowest BCUT2D eigenvalue weighted by Gasteiger charge is -2.47. The summed E-state index contributed by atoms with van der Waals surface area (Å²) < 4.78 is 0. The summed E-state index contributed by atoms with van der Waals surface area (Å²) in [4.78, 5) is 25.9. The molecule has 0 bridgehead atoms. The second-order valence-corrected chi connectivity index (χ2v) is 8.47. The number of pyridine rings is 2. The molecule has 0 saturated carbocycles. The van der Waals surface area contributed by atoms with E-state index in [1.807, 2.05) is 42.6 Å². The lowest BCUT2D eigenvalue weighted by atomic mass is 9.72. The molecule has 1 spiro atoms. The van der Waals surface area contributed by atoms with Crippen molar-refractivity contribution in [2.45, 2.75) is 45.1 Å². The molecule has 2 aromatic rings. The molecule has 4 heterocycles. The Morgan fingerprint density at radius 3 is 2.69 bits per heavy atom. The molecule has 6 heteroatoms. The number of likely N-dealkylation sites (tertiary alicyclic amines) is 1. The van der Waals surface area contributed by atoms with E-state index in [9.17, 15) is 9.90 Å². The van der Waals surface area contributed by atoms with Crippen LogP contribution in [0.5, 0.6) is 0 Å². The number of aliphatic hydroxyl groups is 1. The van der Waals surface area contributed by atoms with E-state index in [1.54, 1.807) is 6.92 Å². The first kappa shape index (κ1) is 19.8. The SMILES string of the molecule is C[C@@H](O)c1cccc(N2CCC3(CCC(=O)N(CCc4ccccn4)C3)CC2)n1. The van der Waals surface area contributed by atoms with E-state index in [2.05, 4.69) is 19.8 Å². The van der Waals surface area contributed by atoms with Gasteiger partial charge in [-0.3, -0.25) is 9.78 Å². The summed E-state index contributed by atoms with van der Waals surface area (Å²) in [6, 6.07) is 11.8. The first-order valence-corrected chi connectivity index (χ1v) is 10.6. The minimum atomic E-state index is -0.553. The van der Waals surface area contributed by atoms with Gasteiger partial charge in [-0.15, -0.1) is 0 Å². The molecule has 154 valence electrons. The Hall–Kier alpha value is -2.47. The number of carbonyl (C=O) groups excluding carboxylic acids is 1. The standard InChI is InChI=1S/C23H30N4O2/c1-18(28)20-6-4-7-21(25-20)26-15-11-23(12-16-26)10-8-22(29)27(17-23)14-9-19-5-2-3-13-24-19/h2-7,13,18,28H,8-12,14-17H2,1H3/t18-/m1/s1. The van der Waals surface area contributed by atoms with Gasteiger partial charge in [0.1, 0.15) is 5.82 Å². The summed E-state index contributed by atoms with van der Waals surface area (Å²) >= 11 is 0. The van der Waals surface area contributed by atoms with Crippen LogP contribution in [0.25, 0.3) is 0 Å². The smallest absolute Gasteiger partial charge is 0.222 e. The van der Waals surface area contributed by atoms with Crippen molar-refractivity contribution in [1.82, 2.24) is 14.9 Å². The fourth-order valence-electron chi connectivity index (χ4n) is 4.57. The lowest BCUT2D eigenvalue weighted by Crippen LogP contribution is -2.52. The number of hydrogen-bond donors (Lipinski definition) is 1. The molecule has 1 atom stereocenters. The van der Waals surface area contributed by atoms with Gasteiger partial charge < -0.3 is 14.9 Å². The highest BCUT2D eigenvalue weighted by Gasteiger charge is 2.41. The second-order valence-electron chi connectivity index (χ2n) is 8.47. The van der Waals surface area contributed by atoms with Crippen LogP contribution in [-0.4, -0.2) is 52.1 Å². The fraction of sp³-hybridized carbons (Fsp3) is 0.522. The van der Waals surface area contributed by atoms with Crippen LogP contribution in [0.3, 0.4) is 0 Å². The number of hydrogen-bond acceptors (Lipinski definition) is 5. The molecular formula is C23H30N4O2. The van der Waals surface area contributed by atoms with Gasteiger partial charge in [-0.05, 0) is 55.9 Å². The predicted molar refractivity (Wildman–Crippen MR) is 113 cm³/mol. The van der Waals surface area contributed by atoms with E-state index < -0.39 is 6.10 Å². The Bertz CT molecular complexity index is 832. The van der Waals surface area contributed by atoms with E-state index in [0.717, 1.165) is 63.4 Å². The third kappa shape index (κ3) is 4.58. The molecule has 2 aliphatic heterocycles. The number of amides is 1. The van der Waals surface area contributed by atoms with Crippen LogP contribution >= 0.6 is 0 Å². The predicted octanol–water partition coefficient (Wildman–Crippen LogP) is 2.98. The Kier molecular flexibility index (Phi) is 5.81. The van der Waals surface area contributed by atoms with Gasteiger partial charge in [-0.1, -0.05) is 12.1 Å². The zero-order valence-corrected chi connectivity index (χ0v) is 17.1. The minimum absolute atomic E-state index is 0.219. The van der Waals surface area contributed by atoms with Crippen LogP contribution in [0.15, 0.2) is 42.6 Å². The van der Waals surface area contributed by atoms with E-state index in [-0.39, 0.29) is 11.3 Å². The number of anilines is 1.